The van der Waals surface area contributed by atoms with Crippen LogP contribution in [0.15, 0.2) is 0 Å². The van der Waals surface area contributed by atoms with E-state index in [4.69, 9.17) is 0 Å². The Balaban J connectivity index is 1.64. The van der Waals surface area contributed by atoms with Crippen LogP contribution < -0.4 is 10.6 Å². The molecule has 0 spiro atoms. The van der Waals surface area contributed by atoms with Crippen molar-refractivity contribution in [2.75, 3.05) is 13.1 Å². The lowest BCUT2D eigenvalue weighted by Gasteiger charge is -2.19. The van der Waals surface area contributed by atoms with E-state index in [1.54, 1.807) is 0 Å². The van der Waals surface area contributed by atoms with E-state index in [9.17, 15) is 0 Å². The predicted molar refractivity (Wildman–Crippen MR) is 65.1 cm³/mol. The molecule has 2 fully saturated rings. The van der Waals surface area contributed by atoms with Gasteiger partial charge in [0.2, 0.25) is 0 Å². The van der Waals surface area contributed by atoms with E-state index in [-0.39, 0.29) is 0 Å². The van der Waals surface area contributed by atoms with Crippen molar-refractivity contribution in [2.45, 2.75) is 64.0 Å². The highest BCUT2D eigenvalue weighted by molar-refractivity contribution is 4.80. The third-order valence-corrected chi connectivity index (χ3v) is 4.07. The molecule has 1 aliphatic heterocycles. The molecule has 1 aliphatic carbocycles. The second-order valence-corrected chi connectivity index (χ2v) is 5.51. The minimum absolute atomic E-state index is 0.755. The standard InChI is InChI=1S/C13H26N2/c1-11-4-2-5-12(8-7-11)15-10-13-6-3-9-14-13/h11-15H,2-10H2,1H3. The Bertz CT molecular complexity index is 175. The molecule has 2 aliphatic rings. The van der Waals surface area contributed by atoms with Crippen molar-refractivity contribution in [3.05, 3.63) is 0 Å². The van der Waals surface area contributed by atoms with Gasteiger partial charge >= 0.3 is 0 Å². The van der Waals surface area contributed by atoms with Crippen molar-refractivity contribution in [3.63, 3.8) is 0 Å². The first-order valence-electron chi connectivity index (χ1n) is 6.81. The van der Waals surface area contributed by atoms with Crippen molar-refractivity contribution >= 4 is 0 Å². The first-order chi connectivity index (χ1) is 7.34. The summed E-state index contributed by atoms with van der Waals surface area (Å²) < 4.78 is 0. The third-order valence-electron chi connectivity index (χ3n) is 4.07. The van der Waals surface area contributed by atoms with Gasteiger partial charge in [-0.15, -0.1) is 0 Å². The van der Waals surface area contributed by atoms with E-state index in [1.165, 1.54) is 58.0 Å². The maximum absolute atomic E-state index is 3.76. The van der Waals surface area contributed by atoms with E-state index < -0.39 is 0 Å². The molecule has 0 amide bonds. The highest BCUT2D eigenvalue weighted by Gasteiger charge is 2.18. The Labute approximate surface area is 94.2 Å². The van der Waals surface area contributed by atoms with Crippen LogP contribution in [0.3, 0.4) is 0 Å². The van der Waals surface area contributed by atoms with E-state index >= 15 is 0 Å². The topological polar surface area (TPSA) is 24.1 Å². The zero-order valence-electron chi connectivity index (χ0n) is 10.1. The highest BCUT2D eigenvalue weighted by Crippen LogP contribution is 2.22. The van der Waals surface area contributed by atoms with E-state index in [0.29, 0.717) is 0 Å². The van der Waals surface area contributed by atoms with Crippen LogP contribution in [0.25, 0.3) is 0 Å². The molecule has 3 atom stereocenters. The SMILES string of the molecule is CC1CCCC(NCC2CCCN2)CC1. The van der Waals surface area contributed by atoms with Crippen molar-refractivity contribution in [3.8, 4) is 0 Å². The molecule has 1 saturated heterocycles. The summed E-state index contributed by atoms with van der Waals surface area (Å²) in [4.78, 5) is 0. The fourth-order valence-corrected chi connectivity index (χ4v) is 2.93. The first-order valence-corrected chi connectivity index (χ1v) is 6.81. The summed E-state index contributed by atoms with van der Waals surface area (Å²) in [6.45, 7) is 4.83. The largest absolute Gasteiger partial charge is 0.313 e. The van der Waals surface area contributed by atoms with Crippen molar-refractivity contribution in [1.29, 1.82) is 0 Å². The van der Waals surface area contributed by atoms with Gasteiger partial charge in [-0.3, -0.25) is 0 Å². The van der Waals surface area contributed by atoms with Gasteiger partial charge < -0.3 is 10.6 Å². The van der Waals surface area contributed by atoms with Gasteiger partial charge in [0, 0.05) is 18.6 Å². The lowest BCUT2D eigenvalue weighted by Crippen LogP contribution is -2.39. The van der Waals surface area contributed by atoms with Crippen LogP contribution >= 0.6 is 0 Å². The Hall–Kier alpha value is -0.0800. The zero-order valence-corrected chi connectivity index (χ0v) is 10.1. The van der Waals surface area contributed by atoms with Crippen LogP contribution in [0.1, 0.15) is 51.9 Å². The average molecular weight is 210 g/mol. The molecule has 2 nitrogen and oxygen atoms in total. The van der Waals surface area contributed by atoms with Crippen LogP contribution in [0, 0.1) is 5.92 Å². The van der Waals surface area contributed by atoms with E-state index in [2.05, 4.69) is 17.6 Å². The normalized spacial score (nSPS) is 37.8. The van der Waals surface area contributed by atoms with Gasteiger partial charge in [-0.2, -0.15) is 0 Å². The number of hydrogen-bond donors (Lipinski definition) is 2. The quantitative estimate of drug-likeness (QED) is 0.698. The fourth-order valence-electron chi connectivity index (χ4n) is 2.93. The van der Waals surface area contributed by atoms with Gasteiger partial charge in [0.15, 0.2) is 0 Å². The summed E-state index contributed by atoms with van der Waals surface area (Å²) in [6, 6.07) is 1.56. The second kappa shape index (κ2) is 5.86. The molecular formula is C13H26N2. The molecular weight excluding hydrogens is 184 g/mol. The van der Waals surface area contributed by atoms with Crippen molar-refractivity contribution in [2.24, 2.45) is 5.92 Å². The number of nitrogens with one attached hydrogen (secondary N) is 2. The number of hydrogen-bond acceptors (Lipinski definition) is 2. The summed E-state index contributed by atoms with van der Waals surface area (Å²) >= 11 is 0. The minimum atomic E-state index is 0.755. The molecule has 1 saturated carbocycles. The summed E-state index contributed by atoms with van der Waals surface area (Å²) in [5, 5.41) is 7.32. The van der Waals surface area contributed by atoms with Crippen LogP contribution in [0.5, 0.6) is 0 Å². The van der Waals surface area contributed by atoms with Gasteiger partial charge in [-0.25, -0.2) is 0 Å². The van der Waals surface area contributed by atoms with E-state index in [0.717, 1.165) is 18.0 Å². The Morgan fingerprint density at radius 2 is 2.00 bits per heavy atom. The Kier molecular flexibility index (Phi) is 4.45. The van der Waals surface area contributed by atoms with Gasteiger partial charge in [0.25, 0.3) is 0 Å². The molecule has 0 radical (unpaired) electrons. The second-order valence-electron chi connectivity index (χ2n) is 5.51. The molecule has 3 unspecified atom stereocenters. The van der Waals surface area contributed by atoms with Crippen molar-refractivity contribution < 1.29 is 0 Å². The molecule has 88 valence electrons. The van der Waals surface area contributed by atoms with Crippen LogP contribution in [-0.4, -0.2) is 25.2 Å². The van der Waals surface area contributed by atoms with E-state index in [1.807, 2.05) is 0 Å². The molecule has 2 N–H and O–H groups in total. The van der Waals surface area contributed by atoms with Crippen LogP contribution in [0.4, 0.5) is 0 Å². The van der Waals surface area contributed by atoms with Gasteiger partial charge in [-0.05, 0) is 44.6 Å². The predicted octanol–water partition coefficient (Wildman–Crippen LogP) is 2.30. The van der Waals surface area contributed by atoms with Gasteiger partial charge in [-0.1, -0.05) is 19.8 Å². The molecule has 15 heavy (non-hydrogen) atoms. The summed E-state index contributed by atoms with van der Waals surface area (Å²) in [5.74, 6) is 0.960. The molecule has 1 heterocycles. The lowest BCUT2D eigenvalue weighted by atomic mass is 10.0. The lowest BCUT2D eigenvalue weighted by molar-refractivity contribution is 0.419. The Morgan fingerprint density at radius 3 is 2.80 bits per heavy atom. The summed E-state index contributed by atoms with van der Waals surface area (Å²) in [6.07, 6.45) is 9.83. The molecule has 0 bridgehead atoms. The molecule has 2 heteroatoms. The zero-order chi connectivity index (χ0) is 10.5. The fraction of sp³-hybridized carbons (Fsp3) is 1.00. The smallest absolute Gasteiger partial charge is 0.0193 e. The molecule has 0 aromatic heterocycles. The number of rotatable bonds is 3. The average Bonchev–Trinajstić information content (AvgIpc) is 2.66. The maximum Gasteiger partial charge on any atom is 0.0193 e. The molecule has 0 aromatic carbocycles. The van der Waals surface area contributed by atoms with Gasteiger partial charge in [0.1, 0.15) is 0 Å². The minimum Gasteiger partial charge on any atom is -0.313 e. The molecule has 2 rings (SSSR count). The van der Waals surface area contributed by atoms with Crippen molar-refractivity contribution in [1.82, 2.24) is 10.6 Å². The maximum atomic E-state index is 3.76. The van der Waals surface area contributed by atoms with Crippen LogP contribution in [0.2, 0.25) is 0 Å². The molecule has 0 aromatic rings. The van der Waals surface area contributed by atoms with Gasteiger partial charge in [0.05, 0.1) is 0 Å². The highest BCUT2D eigenvalue weighted by atomic mass is 15.0. The van der Waals surface area contributed by atoms with Crippen LogP contribution in [-0.2, 0) is 0 Å². The summed E-state index contributed by atoms with van der Waals surface area (Å²) in [5.41, 5.74) is 0. The first kappa shape index (κ1) is 11.4. The Morgan fingerprint density at radius 1 is 1.07 bits per heavy atom. The monoisotopic (exact) mass is 210 g/mol. The summed E-state index contributed by atoms with van der Waals surface area (Å²) in [7, 11) is 0. The third kappa shape index (κ3) is 3.76.